The first-order valence-corrected chi connectivity index (χ1v) is 20.0. The monoisotopic (exact) mass is 743 g/mol. The molecule has 0 radical (unpaired) electrons. The number of fused-ring (bicyclic) bond motifs is 4. The second-order valence-electron chi connectivity index (χ2n) is 17.9. The predicted octanol–water partition coefficient (Wildman–Crippen LogP) is 3.31. The number of aliphatic hydroxyl groups is 4. The molecule has 6 aliphatic heterocycles. The molecule has 4 N–H and O–H groups in total. The smallest absolute Gasteiger partial charge is 0.286 e. The summed E-state index contributed by atoms with van der Waals surface area (Å²) in [6, 6.07) is -0.102. The molecule has 6 heterocycles. The van der Waals surface area contributed by atoms with E-state index >= 15 is 0 Å². The normalized spacial score (nSPS) is 56.4. The van der Waals surface area contributed by atoms with Crippen molar-refractivity contribution in [3.63, 3.8) is 0 Å². The van der Waals surface area contributed by atoms with E-state index < -0.39 is 89.9 Å². The third-order valence-electron chi connectivity index (χ3n) is 13.8. The lowest BCUT2D eigenvalue weighted by molar-refractivity contribution is -0.481. The van der Waals surface area contributed by atoms with Crippen molar-refractivity contribution < 1.29 is 58.3 Å². The first kappa shape index (κ1) is 41.1. The quantitative estimate of drug-likeness (QED) is 0.302. The zero-order valence-corrected chi connectivity index (χ0v) is 33.4. The first-order chi connectivity index (χ1) is 24.3. The van der Waals surface area contributed by atoms with Gasteiger partial charge in [-0.05, 0) is 85.7 Å². The van der Waals surface area contributed by atoms with Gasteiger partial charge in [-0.15, -0.1) is 0 Å². The van der Waals surface area contributed by atoms with E-state index in [0.29, 0.717) is 19.3 Å². The van der Waals surface area contributed by atoms with Gasteiger partial charge in [-0.25, -0.2) is 0 Å². The fraction of sp³-hybridized carbons (Fsp3) is 1.00. The van der Waals surface area contributed by atoms with Crippen molar-refractivity contribution in [2.75, 3.05) is 20.2 Å². The Balaban J connectivity index is 1.43. The molecule has 6 saturated heterocycles. The van der Waals surface area contributed by atoms with Crippen LogP contribution in [0, 0.1) is 23.7 Å². The van der Waals surface area contributed by atoms with E-state index in [9.17, 15) is 20.4 Å². The van der Waals surface area contributed by atoms with Crippen LogP contribution in [-0.4, -0.2) is 142 Å². The van der Waals surface area contributed by atoms with Crippen LogP contribution >= 0.6 is 0 Å². The molecule has 302 valence electrons. The Morgan fingerprint density at radius 3 is 2.15 bits per heavy atom. The average molecular weight is 744 g/mol. The molecule has 0 spiro atoms. The second kappa shape index (κ2) is 15.1. The van der Waals surface area contributed by atoms with Crippen LogP contribution in [0.4, 0.5) is 0 Å². The molecule has 20 atom stereocenters. The number of hydrogen-bond donors (Lipinski definition) is 4. The highest BCUT2D eigenvalue weighted by Crippen LogP contribution is 2.52. The molecular weight excluding hydrogens is 674 g/mol. The molecule has 13 nitrogen and oxygen atoms in total. The minimum atomic E-state index is -2.17. The fourth-order valence-electron chi connectivity index (χ4n) is 10.8. The lowest BCUT2D eigenvalue weighted by atomic mass is 9.74. The minimum absolute atomic E-state index is 0.0322. The minimum Gasteiger partial charge on any atom is -0.387 e. The summed E-state index contributed by atoms with van der Waals surface area (Å²) in [5.74, 6) is -3.85. The van der Waals surface area contributed by atoms with Crippen LogP contribution in [0.3, 0.4) is 0 Å². The van der Waals surface area contributed by atoms with Gasteiger partial charge in [0, 0.05) is 31.4 Å². The summed E-state index contributed by atoms with van der Waals surface area (Å²) in [6.07, 6.45) is -3.61. The number of rotatable bonds is 7. The van der Waals surface area contributed by atoms with E-state index in [2.05, 4.69) is 18.7 Å². The Hall–Kier alpha value is -0.520. The van der Waals surface area contributed by atoms with Crippen molar-refractivity contribution >= 4 is 0 Å². The van der Waals surface area contributed by atoms with Crippen molar-refractivity contribution in [2.24, 2.45) is 23.7 Å². The molecular formula is C39H69NO12. The third-order valence-corrected chi connectivity index (χ3v) is 13.8. The van der Waals surface area contributed by atoms with Crippen molar-refractivity contribution in [2.45, 2.75) is 204 Å². The molecule has 0 aromatic carbocycles. The van der Waals surface area contributed by atoms with E-state index in [0.717, 1.165) is 25.9 Å². The number of likely N-dealkylation sites (tertiary alicyclic amines) is 1. The molecule has 0 aromatic heterocycles. The second-order valence-corrected chi connectivity index (χ2v) is 17.9. The number of nitrogens with zero attached hydrogens (tertiary/aromatic N) is 1. The lowest BCUT2D eigenvalue weighted by Gasteiger charge is -2.55. The maximum absolute atomic E-state index is 12.5. The lowest BCUT2D eigenvalue weighted by Crippen LogP contribution is -2.69. The topological polar surface area (TPSA) is 158 Å². The van der Waals surface area contributed by atoms with Gasteiger partial charge in [-0.3, -0.25) is 4.90 Å². The van der Waals surface area contributed by atoms with Gasteiger partial charge < -0.3 is 58.3 Å². The summed E-state index contributed by atoms with van der Waals surface area (Å²) in [7, 11) is 1.56. The van der Waals surface area contributed by atoms with Gasteiger partial charge in [0.15, 0.2) is 12.6 Å². The molecule has 6 aliphatic rings. The van der Waals surface area contributed by atoms with E-state index in [-0.39, 0.29) is 36.5 Å². The molecule has 0 amide bonds. The van der Waals surface area contributed by atoms with Gasteiger partial charge in [0.1, 0.15) is 17.8 Å². The van der Waals surface area contributed by atoms with Crippen LogP contribution in [0.5, 0.6) is 0 Å². The largest absolute Gasteiger partial charge is 0.387 e. The highest BCUT2D eigenvalue weighted by molar-refractivity contribution is 5.07. The maximum atomic E-state index is 12.5. The first-order valence-electron chi connectivity index (χ1n) is 20.0. The van der Waals surface area contributed by atoms with E-state index in [4.69, 9.17) is 37.9 Å². The van der Waals surface area contributed by atoms with Crippen LogP contribution in [0.15, 0.2) is 0 Å². The third kappa shape index (κ3) is 7.27. The zero-order chi connectivity index (χ0) is 38.1. The molecule has 6 rings (SSSR count). The van der Waals surface area contributed by atoms with Gasteiger partial charge >= 0.3 is 0 Å². The molecule has 6 unspecified atom stereocenters. The van der Waals surface area contributed by atoms with Gasteiger partial charge in [0.25, 0.3) is 5.97 Å². The number of aliphatic hydroxyl groups excluding tert-OH is 2. The zero-order valence-electron chi connectivity index (χ0n) is 33.4. The van der Waals surface area contributed by atoms with Crippen LogP contribution in [0.1, 0.15) is 108 Å². The Morgan fingerprint density at radius 2 is 1.52 bits per heavy atom. The van der Waals surface area contributed by atoms with Gasteiger partial charge in [-0.2, -0.15) is 0 Å². The van der Waals surface area contributed by atoms with Gasteiger partial charge in [0.05, 0.1) is 59.8 Å². The van der Waals surface area contributed by atoms with Crippen LogP contribution in [-0.2, 0) is 37.9 Å². The van der Waals surface area contributed by atoms with Crippen molar-refractivity contribution in [3.05, 3.63) is 0 Å². The maximum Gasteiger partial charge on any atom is 0.286 e. The summed E-state index contributed by atoms with van der Waals surface area (Å²) in [5.41, 5.74) is -3.28. The molecule has 0 aliphatic carbocycles. The van der Waals surface area contributed by atoms with Crippen LogP contribution in [0.25, 0.3) is 0 Å². The van der Waals surface area contributed by atoms with Crippen molar-refractivity contribution in [1.82, 2.24) is 4.90 Å². The summed E-state index contributed by atoms with van der Waals surface area (Å²) >= 11 is 0. The van der Waals surface area contributed by atoms with Crippen LogP contribution in [0.2, 0.25) is 0 Å². The van der Waals surface area contributed by atoms with Crippen LogP contribution < -0.4 is 0 Å². The molecule has 13 heteroatoms. The summed E-state index contributed by atoms with van der Waals surface area (Å²) in [5, 5.41) is 47.5. The van der Waals surface area contributed by atoms with Crippen molar-refractivity contribution in [3.8, 4) is 0 Å². The summed E-state index contributed by atoms with van der Waals surface area (Å²) in [6.45, 7) is 21.2. The Kier molecular flexibility index (Phi) is 11.9. The molecule has 0 saturated carbocycles. The molecule has 0 aromatic rings. The average Bonchev–Trinajstić information content (AvgIpc) is 3.73. The Morgan fingerprint density at radius 1 is 0.846 bits per heavy atom. The molecule has 6 fully saturated rings. The summed E-state index contributed by atoms with van der Waals surface area (Å²) in [4.78, 5) is 2.35. The van der Waals surface area contributed by atoms with E-state index in [1.807, 2.05) is 41.5 Å². The molecule has 52 heavy (non-hydrogen) atoms. The van der Waals surface area contributed by atoms with Crippen molar-refractivity contribution in [1.29, 1.82) is 0 Å². The number of ether oxygens (including phenoxy) is 8. The fourth-order valence-corrected chi connectivity index (χ4v) is 10.8. The van der Waals surface area contributed by atoms with E-state index in [1.54, 1.807) is 21.0 Å². The summed E-state index contributed by atoms with van der Waals surface area (Å²) < 4.78 is 52.6. The highest BCUT2D eigenvalue weighted by atomic mass is 16.8. The predicted molar refractivity (Wildman–Crippen MR) is 190 cm³/mol. The molecule has 4 bridgehead atoms. The van der Waals surface area contributed by atoms with Gasteiger partial charge in [0.2, 0.25) is 0 Å². The standard InChI is InChI=1S/C39H69NO12/c1-12-27-38(10,43)34-22(4)30-20(2)18-37(9,51-30)33(49-35-29(41)26(17-21(3)46-35)40-15-13-14-16-40)23(5)31(24(6)39(44,50-27)52-34)48-28-19-36(8,45-11)32(42)25(7)47-28/h20-35,41-44H,12-19H2,1-11H3/t20-,21?,22-,23-,24+,25?,26?,27+,28-,29?,30?,31-,32-,33+,34+,35-,36?,37+,38+,39-/m0/s1. The SMILES string of the molecule is CC[C@H]1O[C@]2(O)O[C@H]([C@@H](C)C3O[C@](C)(C[C@@H]3C)[C@H](O[C@@H]3OC(C)CC(N4CCCC4)C3O)[C@@H](C)[C@H](O[C@H]3CC(C)(OC)[C@@H](O)C(C)O3)[C@H]2C)[C@]1(C)O. The van der Waals surface area contributed by atoms with E-state index in [1.165, 1.54) is 0 Å². The number of methoxy groups -OCH3 is 1. The van der Waals surface area contributed by atoms with Gasteiger partial charge in [-0.1, -0.05) is 34.6 Å². The Labute approximate surface area is 310 Å². The number of hydrogen-bond acceptors (Lipinski definition) is 13. The Bertz CT molecular complexity index is 1220. The highest BCUT2D eigenvalue weighted by Gasteiger charge is 2.64.